The van der Waals surface area contributed by atoms with Gasteiger partial charge in [-0.25, -0.2) is 9.78 Å². The Morgan fingerprint density at radius 3 is 2.76 bits per heavy atom. The van der Waals surface area contributed by atoms with Gasteiger partial charge in [0.05, 0.1) is 17.6 Å². The third kappa shape index (κ3) is 1.91. The van der Waals surface area contributed by atoms with Crippen molar-refractivity contribution in [3.63, 3.8) is 0 Å². The fourth-order valence-electron chi connectivity index (χ4n) is 1.71. The summed E-state index contributed by atoms with van der Waals surface area (Å²) in [7, 11) is 1.49. The number of hydrogen-bond donors (Lipinski definition) is 1. The number of hydrogen-bond acceptors (Lipinski definition) is 3. The van der Waals surface area contributed by atoms with Crippen molar-refractivity contribution >= 4 is 28.5 Å². The van der Waals surface area contributed by atoms with E-state index in [1.54, 1.807) is 6.07 Å². The first-order valence-electron chi connectivity index (χ1n) is 4.91. The molecule has 0 aliphatic rings. The number of rotatable bonds is 2. The first-order chi connectivity index (χ1) is 8.04. The average Bonchev–Trinajstić information content (AvgIpc) is 2.32. The van der Waals surface area contributed by atoms with E-state index in [1.807, 2.05) is 13.0 Å². The molecule has 0 unspecified atom stereocenters. The molecule has 2 rings (SSSR count). The van der Waals surface area contributed by atoms with Crippen LogP contribution >= 0.6 is 11.6 Å². The second-order valence-electron chi connectivity index (χ2n) is 3.60. The SMILES string of the molecule is COc1cc(C(=O)O)nc2c(Cl)ccc(C)c12. The smallest absolute Gasteiger partial charge is 0.354 e. The minimum absolute atomic E-state index is 0.0816. The van der Waals surface area contributed by atoms with E-state index < -0.39 is 5.97 Å². The molecule has 0 aliphatic carbocycles. The number of aryl methyl sites for hydroxylation is 1. The number of fused-ring (bicyclic) bond motifs is 1. The summed E-state index contributed by atoms with van der Waals surface area (Å²) in [6.07, 6.45) is 0. The maximum atomic E-state index is 10.9. The fraction of sp³-hybridized carbons (Fsp3) is 0.167. The van der Waals surface area contributed by atoms with Crippen LogP contribution in [0.3, 0.4) is 0 Å². The Morgan fingerprint density at radius 2 is 2.18 bits per heavy atom. The zero-order valence-corrected chi connectivity index (χ0v) is 10.1. The number of aromatic nitrogens is 1. The fourth-order valence-corrected chi connectivity index (χ4v) is 1.91. The molecule has 0 aliphatic heterocycles. The van der Waals surface area contributed by atoms with Crippen molar-refractivity contribution in [2.45, 2.75) is 6.92 Å². The molecular formula is C12H10ClNO3. The van der Waals surface area contributed by atoms with Gasteiger partial charge < -0.3 is 9.84 Å². The third-order valence-corrected chi connectivity index (χ3v) is 2.83. The van der Waals surface area contributed by atoms with Crippen LogP contribution in [0.25, 0.3) is 10.9 Å². The number of carboxylic acids is 1. The van der Waals surface area contributed by atoms with Gasteiger partial charge in [0, 0.05) is 11.5 Å². The second-order valence-corrected chi connectivity index (χ2v) is 4.01. The molecule has 17 heavy (non-hydrogen) atoms. The molecule has 2 aromatic rings. The normalized spacial score (nSPS) is 10.5. The number of nitrogens with zero attached hydrogens (tertiary/aromatic N) is 1. The summed E-state index contributed by atoms with van der Waals surface area (Å²) in [5, 5.41) is 10.1. The lowest BCUT2D eigenvalue weighted by Gasteiger charge is -2.10. The molecule has 88 valence electrons. The van der Waals surface area contributed by atoms with E-state index in [-0.39, 0.29) is 5.69 Å². The highest BCUT2D eigenvalue weighted by Crippen LogP contribution is 2.32. The second kappa shape index (κ2) is 4.22. The molecule has 1 N–H and O–H groups in total. The zero-order chi connectivity index (χ0) is 12.6. The number of aromatic carboxylic acids is 1. The molecule has 0 saturated carbocycles. The van der Waals surface area contributed by atoms with Crippen molar-refractivity contribution in [3.05, 3.63) is 34.5 Å². The van der Waals surface area contributed by atoms with Crippen molar-refractivity contribution in [2.24, 2.45) is 0 Å². The van der Waals surface area contributed by atoms with Crippen molar-refractivity contribution in [3.8, 4) is 5.75 Å². The van der Waals surface area contributed by atoms with E-state index in [4.69, 9.17) is 21.4 Å². The van der Waals surface area contributed by atoms with Crippen LogP contribution in [-0.4, -0.2) is 23.2 Å². The Bertz CT molecular complexity index is 610. The summed E-state index contributed by atoms with van der Waals surface area (Å²) in [5.41, 5.74) is 1.30. The van der Waals surface area contributed by atoms with Crippen LogP contribution in [0, 0.1) is 6.92 Å². The van der Waals surface area contributed by atoms with Crippen molar-refractivity contribution in [2.75, 3.05) is 7.11 Å². The van der Waals surface area contributed by atoms with Gasteiger partial charge in [-0.3, -0.25) is 0 Å². The minimum Gasteiger partial charge on any atom is -0.496 e. The van der Waals surface area contributed by atoms with Crippen LogP contribution in [0.5, 0.6) is 5.75 Å². The van der Waals surface area contributed by atoms with Gasteiger partial charge in [-0.1, -0.05) is 17.7 Å². The molecule has 0 fully saturated rings. The van der Waals surface area contributed by atoms with Gasteiger partial charge in [0.15, 0.2) is 5.69 Å². The molecule has 0 saturated heterocycles. The molecule has 0 bridgehead atoms. The van der Waals surface area contributed by atoms with Crippen molar-refractivity contribution in [1.82, 2.24) is 4.98 Å². The summed E-state index contributed by atoms with van der Waals surface area (Å²) >= 11 is 6.02. The van der Waals surface area contributed by atoms with E-state index in [0.29, 0.717) is 16.3 Å². The number of pyridine rings is 1. The lowest BCUT2D eigenvalue weighted by molar-refractivity contribution is 0.0690. The Hall–Kier alpha value is -1.81. The lowest BCUT2D eigenvalue weighted by Crippen LogP contribution is -2.02. The maximum Gasteiger partial charge on any atom is 0.354 e. The van der Waals surface area contributed by atoms with Gasteiger partial charge in [0.25, 0.3) is 0 Å². The molecule has 0 amide bonds. The van der Waals surface area contributed by atoms with Crippen LogP contribution in [0.4, 0.5) is 0 Å². The number of ether oxygens (including phenoxy) is 1. The largest absolute Gasteiger partial charge is 0.496 e. The van der Waals surface area contributed by atoms with Gasteiger partial charge in [-0.05, 0) is 18.6 Å². The Balaban J connectivity index is 2.91. The molecule has 1 aromatic heterocycles. The van der Waals surface area contributed by atoms with E-state index in [1.165, 1.54) is 13.2 Å². The highest BCUT2D eigenvalue weighted by Gasteiger charge is 2.14. The van der Waals surface area contributed by atoms with Crippen LogP contribution in [0.1, 0.15) is 16.1 Å². The molecule has 0 atom stereocenters. The van der Waals surface area contributed by atoms with Gasteiger partial charge in [0.2, 0.25) is 0 Å². The van der Waals surface area contributed by atoms with Crippen LogP contribution < -0.4 is 4.74 Å². The highest BCUT2D eigenvalue weighted by atomic mass is 35.5. The topological polar surface area (TPSA) is 59.4 Å². The van der Waals surface area contributed by atoms with E-state index in [0.717, 1.165) is 10.9 Å². The number of halogens is 1. The summed E-state index contributed by atoms with van der Waals surface area (Å²) in [6, 6.07) is 4.93. The van der Waals surface area contributed by atoms with Gasteiger partial charge in [0.1, 0.15) is 5.75 Å². The molecule has 0 spiro atoms. The molecule has 0 radical (unpaired) electrons. The average molecular weight is 252 g/mol. The number of methoxy groups -OCH3 is 1. The molecular weight excluding hydrogens is 242 g/mol. The summed E-state index contributed by atoms with van der Waals surface area (Å²) < 4.78 is 5.19. The summed E-state index contributed by atoms with van der Waals surface area (Å²) in [4.78, 5) is 15.0. The highest BCUT2D eigenvalue weighted by molar-refractivity contribution is 6.35. The Kier molecular flexibility index (Phi) is 2.90. The predicted octanol–water partition coefficient (Wildman–Crippen LogP) is 2.90. The first-order valence-corrected chi connectivity index (χ1v) is 5.29. The minimum atomic E-state index is -1.11. The summed E-state index contributed by atoms with van der Waals surface area (Å²) in [5.74, 6) is -0.643. The number of carbonyl (C=O) groups is 1. The molecule has 1 heterocycles. The van der Waals surface area contributed by atoms with Crippen LogP contribution in [0.2, 0.25) is 5.02 Å². The maximum absolute atomic E-state index is 10.9. The standard InChI is InChI=1S/C12H10ClNO3/c1-6-3-4-7(13)11-10(6)9(17-2)5-8(14-11)12(15)16/h3-5H,1-2H3,(H,15,16). The van der Waals surface area contributed by atoms with Gasteiger partial charge in [-0.15, -0.1) is 0 Å². The van der Waals surface area contributed by atoms with Crippen LogP contribution in [-0.2, 0) is 0 Å². The molecule has 5 heteroatoms. The zero-order valence-electron chi connectivity index (χ0n) is 9.32. The van der Waals surface area contributed by atoms with Gasteiger partial charge >= 0.3 is 5.97 Å². The van der Waals surface area contributed by atoms with E-state index >= 15 is 0 Å². The third-order valence-electron chi connectivity index (χ3n) is 2.52. The quantitative estimate of drug-likeness (QED) is 0.892. The lowest BCUT2D eigenvalue weighted by atomic mass is 10.1. The number of carboxylic acid groups (broad SMARTS) is 1. The Morgan fingerprint density at radius 1 is 1.47 bits per heavy atom. The monoisotopic (exact) mass is 251 g/mol. The Labute approximate surface area is 103 Å². The molecule has 1 aromatic carbocycles. The van der Waals surface area contributed by atoms with Crippen molar-refractivity contribution < 1.29 is 14.6 Å². The predicted molar refractivity (Wildman–Crippen MR) is 65.0 cm³/mol. The van der Waals surface area contributed by atoms with Crippen molar-refractivity contribution in [1.29, 1.82) is 0 Å². The van der Waals surface area contributed by atoms with E-state index in [9.17, 15) is 4.79 Å². The molecule has 4 nitrogen and oxygen atoms in total. The summed E-state index contributed by atoms with van der Waals surface area (Å²) in [6.45, 7) is 1.89. The number of benzene rings is 1. The van der Waals surface area contributed by atoms with E-state index in [2.05, 4.69) is 4.98 Å². The first kappa shape index (κ1) is 11.7. The van der Waals surface area contributed by atoms with Gasteiger partial charge in [-0.2, -0.15) is 0 Å². The van der Waals surface area contributed by atoms with Crippen LogP contribution in [0.15, 0.2) is 18.2 Å².